The molecule has 2 atom stereocenters. The molecule has 3 rings (SSSR count). The third-order valence-corrected chi connectivity index (χ3v) is 4.57. The maximum absolute atomic E-state index is 12.5. The van der Waals surface area contributed by atoms with Crippen molar-refractivity contribution in [2.45, 2.75) is 25.9 Å². The second-order valence-electron chi connectivity index (χ2n) is 6.48. The van der Waals surface area contributed by atoms with Gasteiger partial charge in [-0.1, -0.05) is 18.2 Å². The fourth-order valence-corrected chi connectivity index (χ4v) is 2.98. The van der Waals surface area contributed by atoms with Gasteiger partial charge in [-0.15, -0.1) is 0 Å². The SMILES string of the molecule is CC1N=C(C(=O)NCC(C)N2CCOCC2)NN(c2ccccc2)C1=O. The Bertz CT molecular complexity index is 673. The lowest BCUT2D eigenvalue weighted by atomic mass is 10.2. The van der Waals surface area contributed by atoms with Gasteiger partial charge in [0.2, 0.25) is 5.84 Å². The highest BCUT2D eigenvalue weighted by atomic mass is 16.5. The molecule has 0 aromatic heterocycles. The number of anilines is 1. The van der Waals surface area contributed by atoms with Gasteiger partial charge in [0.05, 0.1) is 18.9 Å². The van der Waals surface area contributed by atoms with Gasteiger partial charge in [0.15, 0.2) is 0 Å². The molecule has 8 heteroatoms. The van der Waals surface area contributed by atoms with Crippen molar-refractivity contribution in [3.8, 4) is 0 Å². The minimum atomic E-state index is -0.617. The summed E-state index contributed by atoms with van der Waals surface area (Å²) in [5.41, 5.74) is 3.51. The second-order valence-corrected chi connectivity index (χ2v) is 6.48. The van der Waals surface area contributed by atoms with E-state index in [4.69, 9.17) is 4.74 Å². The molecule has 2 amide bonds. The van der Waals surface area contributed by atoms with Crippen molar-refractivity contribution >= 4 is 23.3 Å². The predicted molar refractivity (Wildman–Crippen MR) is 98.8 cm³/mol. The van der Waals surface area contributed by atoms with Gasteiger partial charge in [-0.3, -0.25) is 19.9 Å². The molecule has 2 aliphatic rings. The van der Waals surface area contributed by atoms with Gasteiger partial charge in [-0.25, -0.2) is 10.0 Å². The zero-order chi connectivity index (χ0) is 18.5. The Morgan fingerprint density at radius 3 is 2.73 bits per heavy atom. The Hall–Kier alpha value is -2.45. The predicted octanol–water partition coefficient (Wildman–Crippen LogP) is 0.162. The van der Waals surface area contributed by atoms with Crippen LogP contribution < -0.4 is 15.8 Å². The number of hydrogen-bond acceptors (Lipinski definition) is 6. The number of hydrogen-bond donors (Lipinski definition) is 2. The number of carbonyl (C=O) groups excluding carboxylic acids is 2. The number of hydrazine groups is 1. The number of aliphatic imine (C=N–C) groups is 1. The third kappa shape index (κ3) is 4.20. The van der Waals surface area contributed by atoms with Crippen LogP contribution >= 0.6 is 0 Å². The van der Waals surface area contributed by atoms with Crippen LogP contribution in [0.25, 0.3) is 0 Å². The molecule has 0 aliphatic carbocycles. The van der Waals surface area contributed by atoms with E-state index in [9.17, 15) is 9.59 Å². The Kier molecular flexibility index (Phi) is 5.85. The Balaban J connectivity index is 1.61. The van der Waals surface area contributed by atoms with Gasteiger partial charge in [0, 0.05) is 25.7 Å². The lowest BCUT2D eigenvalue weighted by Gasteiger charge is -2.33. The van der Waals surface area contributed by atoms with Crippen molar-refractivity contribution < 1.29 is 14.3 Å². The first-order valence-corrected chi connectivity index (χ1v) is 8.89. The number of amidine groups is 1. The first-order chi connectivity index (χ1) is 12.6. The number of morpholine rings is 1. The third-order valence-electron chi connectivity index (χ3n) is 4.57. The van der Waals surface area contributed by atoms with Crippen LogP contribution in [-0.4, -0.2) is 67.5 Å². The maximum Gasteiger partial charge on any atom is 0.288 e. The Labute approximate surface area is 153 Å². The van der Waals surface area contributed by atoms with Crippen molar-refractivity contribution in [2.75, 3.05) is 37.9 Å². The van der Waals surface area contributed by atoms with Gasteiger partial charge < -0.3 is 10.1 Å². The number of para-hydroxylation sites is 1. The monoisotopic (exact) mass is 359 g/mol. The number of amides is 2. The molecule has 0 bridgehead atoms. The number of rotatable bonds is 5. The second kappa shape index (κ2) is 8.29. The smallest absolute Gasteiger partial charge is 0.288 e. The molecule has 140 valence electrons. The van der Waals surface area contributed by atoms with E-state index in [1.165, 1.54) is 5.01 Å². The highest BCUT2D eigenvalue weighted by molar-refractivity contribution is 6.39. The molecule has 2 heterocycles. The molecule has 2 aliphatic heterocycles. The van der Waals surface area contributed by atoms with E-state index in [0.717, 1.165) is 26.3 Å². The summed E-state index contributed by atoms with van der Waals surface area (Å²) in [6.07, 6.45) is 0. The highest BCUT2D eigenvalue weighted by Crippen LogP contribution is 2.15. The lowest BCUT2D eigenvalue weighted by molar-refractivity contribution is -0.120. The van der Waals surface area contributed by atoms with Crippen LogP contribution in [0.3, 0.4) is 0 Å². The Morgan fingerprint density at radius 2 is 2.04 bits per heavy atom. The fourth-order valence-electron chi connectivity index (χ4n) is 2.98. The molecule has 8 nitrogen and oxygen atoms in total. The van der Waals surface area contributed by atoms with Crippen molar-refractivity contribution in [3.63, 3.8) is 0 Å². The fraction of sp³-hybridized carbons (Fsp3) is 0.500. The zero-order valence-electron chi connectivity index (χ0n) is 15.1. The topological polar surface area (TPSA) is 86.3 Å². The Morgan fingerprint density at radius 1 is 1.35 bits per heavy atom. The summed E-state index contributed by atoms with van der Waals surface area (Å²) in [5, 5.41) is 4.28. The molecular weight excluding hydrogens is 334 g/mol. The van der Waals surface area contributed by atoms with Crippen LogP contribution in [0.15, 0.2) is 35.3 Å². The largest absolute Gasteiger partial charge is 0.379 e. The van der Waals surface area contributed by atoms with Crippen molar-refractivity contribution in [2.24, 2.45) is 4.99 Å². The van der Waals surface area contributed by atoms with E-state index >= 15 is 0 Å². The average Bonchev–Trinajstić information content (AvgIpc) is 2.69. The quantitative estimate of drug-likeness (QED) is 0.782. The normalized spacial score (nSPS) is 22.4. The number of ether oxygens (including phenoxy) is 1. The molecule has 1 aromatic carbocycles. The number of nitrogens with zero attached hydrogens (tertiary/aromatic N) is 3. The van der Waals surface area contributed by atoms with Crippen molar-refractivity contribution in [1.82, 2.24) is 15.6 Å². The molecule has 0 radical (unpaired) electrons. The zero-order valence-corrected chi connectivity index (χ0v) is 15.1. The summed E-state index contributed by atoms with van der Waals surface area (Å²) in [6, 6.07) is 8.74. The van der Waals surface area contributed by atoms with Gasteiger partial charge in [0.1, 0.15) is 6.04 Å². The van der Waals surface area contributed by atoms with E-state index in [0.29, 0.717) is 12.2 Å². The summed E-state index contributed by atoms with van der Waals surface area (Å²) in [5.74, 6) is -0.366. The molecule has 26 heavy (non-hydrogen) atoms. The number of benzene rings is 1. The van der Waals surface area contributed by atoms with Crippen LogP contribution in [-0.2, 0) is 14.3 Å². The van der Waals surface area contributed by atoms with Crippen molar-refractivity contribution in [3.05, 3.63) is 30.3 Å². The molecule has 0 saturated carbocycles. The molecule has 1 aromatic rings. The van der Waals surface area contributed by atoms with Gasteiger partial charge in [0.25, 0.3) is 11.8 Å². The average molecular weight is 359 g/mol. The summed E-state index contributed by atoms with van der Waals surface area (Å²) >= 11 is 0. The molecule has 2 unspecified atom stereocenters. The van der Waals surface area contributed by atoms with Crippen molar-refractivity contribution in [1.29, 1.82) is 0 Å². The summed E-state index contributed by atoms with van der Waals surface area (Å²) in [6.45, 7) is 7.43. The van der Waals surface area contributed by atoms with Crippen LogP contribution in [0.1, 0.15) is 13.8 Å². The van der Waals surface area contributed by atoms with Crippen LogP contribution in [0.4, 0.5) is 5.69 Å². The maximum atomic E-state index is 12.5. The van der Waals surface area contributed by atoms with E-state index in [1.807, 2.05) is 18.2 Å². The highest BCUT2D eigenvalue weighted by Gasteiger charge is 2.30. The lowest BCUT2D eigenvalue weighted by Crippen LogP contribution is -2.58. The number of carbonyl (C=O) groups is 2. The van der Waals surface area contributed by atoms with E-state index in [-0.39, 0.29) is 23.7 Å². The molecule has 0 spiro atoms. The standard InChI is InChI=1S/C18H25N5O3/c1-13(22-8-10-26-11-9-22)12-19-17(24)16-20-14(2)18(25)23(21-16)15-6-4-3-5-7-15/h3-7,13-14H,8-12H2,1-2H3,(H,19,24)(H,20,21). The minimum absolute atomic E-state index is 0.148. The molecule has 1 fully saturated rings. The molecular formula is C18H25N5O3. The van der Waals surface area contributed by atoms with Crippen LogP contribution in [0, 0.1) is 0 Å². The van der Waals surface area contributed by atoms with Gasteiger partial charge >= 0.3 is 0 Å². The van der Waals surface area contributed by atoms with Crippen LogP contribution in [0.2, 0.25) is 0 Å². The molecule has 1 saturated heterocycles. The van der Waals surface area contributed by atoms with Gasteiger partial charge in [-0.05, 0) is 26.0 Å². The summed E-state index contributed by atoms with van der Waals surface area (Å²) < 4.78 is 5.35. The first kappa shape index (κ1) is 18.3. The van der Waals surface area contributed by atoms with E-state index < -0.39 is 6.04 Å². The van der Waals surface area contributed by atoms with Gasteiger partial charge in [-0.2, -0.15) is 0 Å². The van der Waals surface area contributed by atoms with Crippen LogP contribution in [0.5, 0.6) is 0 Å². The van der Waals surface area contributed by atoms with E-state index in [2.05, 4.69) is 27.6 Å². The minimum Gasteiger partial charge on any atom is -0.379 e. The molecule has 2 N–H and O–H groups in total. The first-order valence-electron chi connectivity index (χ1n) is 8.89. The summed E-state index contributed by atoms with van der Waals surface area (Å²) in [7, 11) is 0. The van der Waals surface area contributed by atoms with E-state index in [1.54, 1.807) is 19.1 Å². The number of nitrogens with one attached hydrogen (secondary N) is 2. The summed E-state index contributed by atoms with van der Waals surface area (Å²) in [4.78, 5) is 31.4.